The molecule has 0 saturated carbocycles. The molecule has 2 nitrogen and oxygen atoms in total. The van der Waals surface area contributed by atoms with Crippen LogP contribution in [0.25, 0.3) is 0 Å². The molecular formula is C14H20BrNOS. The zero-order valence-corrected chi connectivity index (χ0v) is 13.1. The first kappa shape index (κ1) is 14.4. The molecular weight excluding hydrogens is 310 g/mol. The molecule has 1 aromatic rings. The molecule has 2 unspecified atom stereocenters. The molecule has 0 amide bonds. The third-order valence-corrected chi connectivity index (χ3v) is 5.17. The third kappa shape index (κ3) is 3.98. The summed E-state index contributed by atoms with van der Waals surface area (Å²) >= 11 is 5.44. The molecule has 1 aliphatic rings. The maximum Gasteiger partial charge on any atom is 0.0802 e. The normalized spacial score (nSPS) is 22.9. The Morgan fingerprint density at radius 1 is 1.44 bits per heavy atom. The quantitative estimate of drug-likeness (QED) is 0.916. The minimum atomic E-state index is -0.347. The molecule has 4 heteroatoms. The Balaban J connectivity index is 1.83. The second-order valence-electron chi connectivity index (χ2n) is 4.82. The zero-order valence-electron chi connectivity index (χ0n) is 10.7. The Morgan fingerprint density at radius 2 is 2.17 bits per heavy atom. The van der Waals surface area contributed by atoms with E-state index in [0.717, 1.165) is 29.5 Å². The van der Waals surface area contributed by atoms with E-state index in [1.54, 1.807) is 0 Å². The largest absolute Gasteiger partial charge is 0.388 e. The Morgan fingerprint density at radius 3 is 2.83 bits per heavy atom. The van der Waals surface area contributed by atoms with Gasteiger partial charge in [-0.3, -0.25) is 4.90 Å². The highest BCUT2D eigenvalue weighted by atomic mass is 79.9. The van der Waals surface area contributed by atoms with Crippen molar-refractivity contribution in [3.8, 4) is 0 Å². The fraction of sp³-hybridized carbons (Fsp3) is 0.571. The van der Waals surface area contributed by atoms with Crippen molar-refractivity contribution >= 4 is 27.7 Å². The van der Waals surface area contributed by atoms with Gasteiger partial charge in [0, 0.05) is 35.1 Å². The van der Waals surface area contributed by atoms with Crippen LogP contribution in [-0.2, 0) is 0 Å². The van der Waals surface area contributed by atoms with Crippen molar-refractivity contribution in [2.45, 2.75) is 25.5 Å². The van der Waals surface area contributed by atoms with E-state index in [1.165, 1.54) is 11.5 Å². The lowest BCUT2D eigenvalue weighted by molar-refractivity contribution is 0.133. The molecule has 0 aliphatic carbocycles. The molecule has 1 fully saturated rings. The molecule has 2 rings (SSSR count). The number of aliphatic hydroxyl groups excluding tert-OH is 1. The third-order valence-electron chi connectivity index (χ3n) is 3.45. The van der Waals surface area contributed by atoms with Gasteiger partial charge in [-0.05, 0) is 31.0 Å². The molecule has 1 aliphatic heterocycles. The summed E-state index contributed by atoms with van der Waals surface area (Å²) in [5.41, 5.74) is 1.01. The number of nitrogens with zero attached hydrogens (tertiary/aromatic N) is 1. The van der Waals surface area contributed by atoms with Crippen LogP contribution < -0.4 is 0 Å². The number of thioether (sulfide) groups is 1. The zero-order chi connectivity index (χ0) is 13.0. The lowest BCUT2D eigenvalue weighted by Gasteiger charge is -2.33. The van der Waals surface area contributed by atoms with Crippen LogP contribution in [0.15, 0.2) is 28.7 Å². The van der Waals surface area contributed by atoms with E-state index in [4.69, 9.17) is 0 Å². The Bertz CT molecular complexity index is 371. The smallest absolute Gasteiger partial charge is 0.0802 e. The van der Waals surface area contributed by atoms with E-state index >= 15 is 0 Å². The second-order valence-corrected chi connectivity index (χ2v) is 6.88. The van der Waals surface area contributed by atoms with E-state index in [-0.39, 0.29) is 6.10 Å². The van der Waals surface area contributed by atoms with Crippen molar-refractivity contribution in [3.63, 3.8) is 0 Å². The summed E-state index contributed by atoms with van der Waals surface area (Å²) in [5, 5.41) is 10.2. The SMILES string of the molecule is CC1CSCCN1CCC(O)c1ccc(Br)cc1. The number of halogens is 1. The predicted octanol–water partition coefficient (Wildman–Crippen LogP) is 3.31. The highest BCUT2D eigenvalue weighted by molar-refractivity contribution is 9.10. The van der Waals surface area contributed by atoms with Crippen molar-refractivity contribution in [2.24, 2.45) is 0 Å². The van der Waals surface area contributed by atoms with Crippen molar-refractivity contribution in [1.29, 1.82) is 0 Å². The first-order chi connectivity index (χ1) is 8.66. The van der Waals surface area contributed by atoms with Crippen LogP contribution in [0, 0.1) is 0 Å². The van der Waals surface area contributed by atoms with Gasteiger partial charge in [-0.2, -0.15) is 11.8 Å². The summed E-state index contributed by atoms with van der Waals surface area (Å²) in [4.78, 5) is 2.48. The van der Waals surface area contributed by atoms with Crippen LogP contribution in [0.2, 0.25) is 0 Å². The van der Waals surface area contributed by atoms with Gasteiger partial charge in [-0.1, -0.05) is 28.1 Å². The average molecular weight is 330 g/mol. The number of rotatable bonds is 4. The Kier molecular flexibility index (Phi) is 5.55. The van der Waals surface area contributed by atoms with Crippen LogP contribution in [0.3, 0.4) is 0 Å². The molecule has 1 saturated heterocycles. The van der Waals surface area contributed by atoms with Gasteiger partial charge in [0.25, 0.3) is 0 Å². The van der Waals surface area contributed by atoms with Crippen LogP contribution in [-0.4, -0.2) is 40.6 Å². The summed E-state index contributed by atoms with van der Waals surface area (Å²) in [7, 11) is 0. The number of benzene rings is 1. The van der Waals surface area contributed by atoms with Crippen molar-refractivity contribution < 1.29 is 5.11 Å². The molecule has 0 radical (unpaired) electrons. The monoisotopic (exact) mass is 329 g/mol. The van der Waals surface area contributed by atoms with E-state index in [2.05, 4.69) is 27.8 Å². The Hall–Kier alpha value is -0.0300. The van der Waals surface area contributed by atoms with Gasteiger partial charge in [-0.25, -0.2) is 0 Å². The summed E-state index contributed by atoms with van der Waals surface area (Å²) in [6.45, 7) is 4.41. The first-order valence-electron chi connectivity index (χ1n) is 6.42. The van der Waals surface area contributed by atoms with Gasteiger partial charge in [0.1, 0.15) is 0 Å². The van der Waals surface area contributed by atoms with Gasteiger partial charge in [0.2, 0.25) is 0 Å². The lowest BCUT2D eigenvalue weighted by Crippen LogP contribution is -2.41. The highest BCUT2D eigenvalue weighted by Gasteiger charge is 2.19. The van der Waals surface area contributed by atoms with Crippen LogP contribution >= 0.6 is 27.7 Å². The number of hydrogen-bond donors (Lipinski definition) is 1. The standard InChI is InChI=1S/C14H20BrNOS/c1-11-10-18-9-8-16(11)7-6-14(17)12-2-4-13(15)5-3-12/h2-5,11,14,17H,6-10H2,1H3. The highest BCUT2D eigenvalue weighted by Crippen LogP contribution is 2.22. The molecule has 0 bridgehead atoms. The van der Waals surface area contributed by atoms with E-state index in [1.807, 2.05) is 36.0 Å². The molecule has 100 valence electrons. The molecule has 1 aromatic carbocycles. The van der Waals surface area contributed by atoms with Gasteiger partial charge in [-0.15, -0.1) is 0 Å². The molecule has 18 heavy (non-hydrogen) atoms. The molecule has 2 atom stereocenters. The van der Waals surface area contributed by atoms with Gasteiger partial charge in [0.05, 0.1) is 6.10 Å². The minimum absolute atomic E-state index is 0.347. The van der Waals surface area contributed by atoms with Crippen LogP contribution in [0.5, 0.6) is 0 Å². The van der Waals surface area contributed by atoms with E-state index in [9.17, 15) is 5.11 Å². The molecule has 0 aromatic heterocycles. The fourth-order valence-corrected chi connectivity index (χ4v) is 3.58. The number of hydrogen-bond acceptors (Lipinski definition) is 3. The Labute approximate surface area is 122 Å². The molecule has 1 heterocycles. The second kappa shape index (κ2) is 6.94. The van der Waals surface area contributed by atoms with Gasteiger partial charge in [0.15, 0.2) is 0 Å². The van der Waals surface area contributed by atoms with Gasteiger partial charge >= 0.3 is 0 Å². The van der Waals surface area contributed by atoms with Gasteiger partial charge < -0.3 is 5.11 Å². The first-order valence-corrected chi connectivity index (χ1v) is 8.37. The predicted molar refractivity (Wildman–Crippen MR) is 82.1 cm³/mol. The van der Waals surface area contributed by atoms with Crippen LogP contribution in [0.4, 0.5) is 0 Å². The van der Waals surface area contributed by atoms with Crippen molar-refractivity contribution in [3.05, 3.63) is 34.3 Å². The number of aliphatic hydroxyl groups is 1. The summed E-state index contributed by atoms with van der Waals surface area (Å²) < 4.78 is 1.06. The lowest BCUT2D eigenvalue weighted by atomic mass is 10.1. The van der Waals surface area contributed by atoms with E-state index in [0.29, 0.717) is 6.04 Å². The maximum atomic E-state index is 10.2. The fourth-order valence-electron chi connectivity index (χ4n) is 2.23. The summed E-state index contributed by atoms with van der Waals surface area (Å²) in [5.74, 6) is 2.44. The topological polar surface area (TPSA) is 23.5 Å². The van der Waals surface area contributed by atoms with Crippen LogP contribution in [0.1, 0.15) is 25.0 Å². The summed E-state index contributed by atoms with van der Waals surface area (Å²) in [6.07, 6.45) is 0.469. The minimum Gasteiger partial charge on any atom is -0.388 e. The maximum absolute atomic E-state index is 10.2. The molecule has 0 spiro atoms. The average Bonchev–Trinajstić information content (AvgIpc) is 2.38. The van der Waals surface area contributed by atoms with Crippen molar-refractivity contribution in [1.82, 2.24) is 4.90 Å². The summed E-state index contributed by atoms with van der Waals surface area (Å²) in [6, 6.07) is 8.59. The van der Waals surface area contributed by atoms with E-state index < -0.39 is 0 Å². The van der Waals surface area contributed by atoms with Crippen molar-refractivity contribution in [2.75, 3.05) is 24.6 Å². The molecule has 1 N–H and O–H groups in total.